The van der Waals surface area contributed by atoms with Gasteiger partial charge in [0.2, 0.25) is 0 Å². The summed E-state index contributed by atoms with van der Waals surface area (Å²) < 4.78 is 0. The lowest BCUT2D eigenvalue weighted by Crippen LogP contribution is -2.31. The highest BCUT2D eigenvalue weighted by Crippen LogP contribution is 2.22. The van der Waals surface area contributed by atoms with Gasteiger partial charge in [0.1, 0.15) is 0 Å². The fourth-order valence-corrected chi connectivity index (χ4v) is 3.58. The van der Waals surface area contributed by atoms with E-state index in [-0.39, 0.29) is 5.91 Å². The second kappa shape index (κ2) is 8.20. The molecule has 0 radical (unpaired) electrons. The lowest BCUT2D eigenvalue weighted by atomic mass is 10.0. The Kier molecular flexibility index (Phi) is 6.25. The highest BCUT2D eigenvalue weighted by Gasteiger charge is 2.16. The maximum absolute atomic E-state index is 12.3. The Labute approximate surface area is 125 Å². The third kappa shape index (κ3) is 4.44. The van der Waals surface area contributed by atoms with Gasteiger partial charge in [0, 0.05) is 18.8 Å². The number of thioether (sulfide) groups is 1. The molecular formula is C16H24N2OS. The van der Waals surface area contributed by atoms with E-state index in [2.05, 4.69) is 17.6 Å². The molecule has 0 spiro atoms. The predicted octanol–water partition coefficient (Wildman–Crippen LogP) is 3.38. The molecule has 20 heavy (non-hydrogen) atoms. The molecule has 1 amide bonds. The van der Waals surface area contributed by atoms with E-state index in [1.165, 1.54) is 24.3 Å². The van der Waals surface area contributed by atoms with Crippen LogP contribution in [-0.4, -0.2) is 30.5 Å². The maximum atomic E-state index is 12.3. The molecule has 1 heterocycles. The van der Waals surface area contributed by atoms with Gasteiger partial charge in [0.05, 0.1) is 5.56 Å². The molecule has 3 nitrogen and oxygen atoms in total. The Morgan fingerprint density at radius 3 is 2.80 bits per heavy atom. The monoisotopic (exact) mass is 292 g/mol. The van der Waals surface area contributed by atoms with Crippen LogP contribution in [0.1, 0.15) is 36.5 Å². The van der Waals surface area contributed by atoms with Crippen molar-refractivity contribution < 1.29 is 4.79 Å². The first-order valence-electron chi connectivity index (χ1n) is 7.50. The summed E-state index contributed by atoms with van der Waals surface area (Å²) in [5.41, 5.74) is 1.69. The SMILES string of the molecule is CCCNc1ccccc1C(=O)NCC1CCSCC1. The second-order valence-corrected chi connectivity index (χ2v) is 6.46. The lowest BCUT2D eigenvalue weighted by molar-refractivity contribution is 0.0947. The van der Waals surface area contributed by atoms with Crippen LogP contribution < -0.4 is 10.6 Å². The molecule has 1 aliphatic heterocycles. The van der Waals surface area contributed by atoms with Crippen LogP contribution in [0.4, 0.5) is 5.69 Å². The normalized spacial score (nSPS) is 15.8. The third-order valence-electron chi connectivity index (χ3n) is 3.63. The van der Waals surface area contributed by atoms with Gasteiger partial charge in [-0.1, -0.05) is 19.1 Å². The summed E-state index contributed by atoms with van der Waals surface area (Å²) >= 11 is 2.02. The van der Waals surface area contributed by atoms with E-state index < -0.39 is 0 Å². The summed E-state index contributed by atoms with van der Waals surface area (Å²) in [6.45, 7) is 3.82. The molecule has 110 valence electrons. The first-order chi connectivity index (χ1) is 9.81. The van der Waals surface area contributed by atoms with Gasteiger partial charge in [0.25, 0.3) is 5.91 Å². The van der Waals surface area contributed by atoms with Gasteiger partial charge >= 0.3 is 0 Å². The van der Waals surface area contributed by atoms with Gasteiger partial charge < -0.3 is 10.6 Å². The molecule has 2 rings (SSSR count). The van der Waals surface area contributed by atoms with Gasteiger partial charge in [0.15, 0.2) is 0 Å². The van der Waals surface area contributed by atoms with Crippen molar-refractivity contribution in [2.45, 2.75) is 26.2 Å². The molecule has 0 aromatic heterocycles. The minimum atomic E-state index is 0.0439. The van der Waals surface area contributed by atoms with Gasteiger partial charge in [-0.05, 0) is 48.8 Å². The number of carbonyl (C=O) groups excluding carboxylic acids is 1. The zero-order valence-corrected chi connectivity index (χ0v) is 13.0. The average Bonchev–Trinajstić information content (AvgIpc) is 2.52. The van der Waals surface area contributed by atoms with E-state index in [0.29, 0.717) is 5.92 Å². The Balaban J connectivity index is 1.90. The first kappa shape index (κ1) is 15.2. The average molecular weight is 292 g/mol. The quantitative estimate of drug-likeness (QED) is 0.844. The van der Waals surface area contributed by atoms with Gasteiger partial charge in [-0.15, -0.1) is 0 Å². The van der Waals surface area contributed by atoms with E-state index in [9.17, 15) is 4.79 Å². The Morgan fingerprint density at radius 2 is 2.05 bits per heavy atom. The molecular weight excluding hydrogens is 268 g/mol. The number of carbonyl (C=O) groups is 1. The number of anilines is 1. The smallest absolute Gasteiger partial charge is 0.253 e. The Hall–Kier alpha value is -1.16. The van der Waals surface area contributed by atoms with Crippen molar-refractivity contribution >= 4 is 23.4 Å². The minimum absolute atomic E-state index is 0.0439. The molecule has 0 aliphatic carbocycles. The number of hydrogen-bond acceptors (Lipinski definition) is 3. The largest absolute Gasteiger partial charge is 0.384 e. The summed E-state index contributed by atoms with van der Waals surface area (Å²) in [5, 5.41) is 6.41. The van der Waals surface area contributed by atoms with Crippen LogP contribution in [0.5, 0.6) is 0 Å². The molecule has 0 unspecified atom stereocenters. The van der Waals surface area contributed by atoms with E-state index in [0.717, 1.165) is 30.8 Å². The molecule has 0 saturated carbocycles. The third-order valence-corrected chi connectivity index (χ3v) is 4.68. The Bertz CT molecular complexity index is 430. The molecule has 1 aromatic rings. The number of para-hydroxylation sites is 1. The van der Waals surface area contributed by atoms with E-state index >= 15 is 0 Å². The fourth-order valence-electron chi connectivity index (χ4n) is 2.38. The van der Waals surface area contributed by atoms with Crippen molar-refractivity contribution in [3.8, 4) is 0 Å². The number of nitrogens with one attached hydrogen (secondary N) is 2. The summed E-state index contributed by atoms with van der Waals surface area (Å²) in [7, 11) is 0. The molecule has 1 aliphatic rings. The zero-order valence-electron chi connectivity index (χ0n) is 12.2. The maximum Gasteiger partial charge on any atom is 0.253 e. The highest BCUT2D eigenvalue weighted by atomic mass is 32.2. The number of amides is 1. The molecule has 4 heteroatoms. The van der Waals surface area contributed by atoms with Crippen molar-refractivity contribution in [3.05, 3.63) is 29.8 Å². The molecule has 0 bridgehead atoms. The van der Waals surface area contributed by atoms with Crippen LogP contribution in [0.3, 0.4) is 0 Å². The van der Waals surface area contributed by atoms with Crippen LogP contribution >= 0.6 is 11.8 Å². The summed E-state index contributed by atoms with van der Waals surface area (Å²) in [5.74, 6) is 3.16. The molecule has 1 fully saturated rings. The van der Waals surface area contributed by atoms with Gasteiger partial charge in [-0.3, -0.25) is 4.79 Å². The minimum Gasteiger partial charge on any atom is -0.384 e. The number of rotatable bonds is 6. The van der Waals surface area contributed by atoms with Crippen molar-refractivity contribution in [1.29, 1.82) is 0 Å². The lowest BCUT2D eigenvalue weighted by Gasteiger charge is -2.21. The first-order valence-corrected chi connectivity index (χ1v) is 8.65. The van der Waals surface area contributed by atoms with Crippen LogP contribution in [0, 0.1) is 5.92 Å². The molecule has 1 aromatic carbocycles. The predicted molar refractivity (Wildman–Crippen MR) is 87.6 cm³/mol. The highest BCUT2D eigenvalue weighted by molar-refractivity contribution is 7.99. The standard InChI is InChI=1S/C16H24N2OS/c1-2-9-17-15-6-4-3-5-14(15)16(19)18-12-13-7-10-20-11-8-13/h3-6,13,17H,2,7-12H2,1H3,(H,18,19). The Morgan fingerprint density at radius 1 is 1.30 bits per heavy atom. The van der Waals surface area contributed by atoms with E-state index in [4.69, 9.17) is 0 Å². The number of hydrogen-bond donors (Lipinski definition) is 2. The zero-order chi connectivity index (χ0) is 14.2. The van der Waals surface area contributed by atoms with E-state index in [1.807, 2.05) is 36.0 Å². The van der Waals surface area contributed by atoms with Crippen molar-refractivity contribution in [1.82, 2.24) is 5.32 Å². The topological polar surface area (TPSA) is 41.1 Å². The van der Waals surface area contributed by atoms with Crippen LogP contribution in [-0.2, 0) is 0 Å². The summed E-state index contributed by atoms with van der Waals surface area (Å²) in [6.07, 6.45) is 3.50. The second-order valence-electron chi connectivity index (χ2n) is 5.24. The fraction of sp³-hybridized carbons (Fsp3) is 0.562. The molecule has 1 saturated heterocycles. The van der Waals surface area contributed by atoms with Crippen LogP contribution in [0.25, 0.3) is 0 Å². The summed E-state index contributed by atoms with van der Waals surface area (Å²) in [6, 6.07) is 7.75. The summed E-state index contributed by atoms with van der Waals surface area (Å²) in [4.78, 5) is 12.3. The van der Waals surface area contributed by atoms with Crippen LogP contribution in [0.2, 0.25) is 0 Å². The molecule has 2 N–H and O–H groups in total. The molecule has 0 atom stereocenters. The van der Waals surface area contributed by atoms with Gasteiger partial charge in [-0.2, -0.15) is 11.8 Å². The van der Waals surface area contributed by atoms with Crippen LogP contribution in [0.15, 0.2) is 24.3 Å². The van der Waals surface area contributed by atoms with Crippen molar-refractivity contribution in [2.24, 2.45) is 5.92 Å². The number of benzene rings is 1. The van der Waals surface area contributed by atoms with E-state index in [1.54, 1.807) is 0 Å². The van der Waals surface area contributed by atoms with Gasteiger partial charge in [-0.25, -0.2) is 0 Å². The van der Waals surface area contributed by atoms with Crippen molar-refractivity contribution in [3.63, 3.8) is 0 Å². The van der Waals surface area contributed by atoms with Crippen molar-refractivity contribution in [2.75, 3.05) is 29.9 Å².